The van der Waals surface area contributed by atoms with Gasteiger partial charge in [0, 0.05) is 0 Å². The molecule has 0 aliphatic heterocycles. The summed E-state index contributed by atoms with van der Waals surface area (Å²) in [6, 6.07) is 38.7. The molecule has 0 nitrogen and oxygen atoms in total. The Bertz CT molecular complexity index is 1590. The predicted octanol–water partition coefficient (Wildman–Crippen LogP) is 8.62. The van der Waals surface area contributed by atoms with E-state index in [0.717, 1.165) is 0 Å². The van der Waals surface area contributed by atoms with Crippen LogP contribution in [0.1, 0.15) is 38.9 Å². The van der Waals surface area contributed by atoms with Gasteiger partial charge in [0.1, 0.15) is 0 Å². The van der Waals surface area contributed by atoms with Crippen molar-refractivity contribution >= 4 is 0 Å². The van der Waals surface area contributed by atoms with Crippen LogP contribution in [0.25, 0.3) is 33.4 Å². The molecule has 7 rings (SSSR count). The zero-order chi connectivity index (χ0) is 23.0. The first-order valence-electron chi connectivity index (χ1n) is 12.1. The molecule has 162 valence electrons. The molecule has 2 aliphatic rings. The molecule has 0 aromatic heterocycles. The molecule has 0 N–H and O–H groups in total. The number of hydrogen-bond acceptors (Lipinski definition) is 0. The molecule has 0 bridgehead atoms. The Balaban J connectivity index is 1.81. The zero-order valence-electron chi connectivity index (χ0n) is 19.8. The SMILES string of the molecule is Cc1cc2c(c(C)c1C)-c1ccccc1-c1ccccc1C21c2ccccc2-c2ccccc21. The zero-order valence-corrected chi connectivity index (χ0v) is 19.8. The van der Waals surface area contributed by atoms with E-state index in [1.54, 1.807) is 0 Å². The number of rotatable bonds is 0. The monoisotopic (exact) mass is 434 g/mol. The molecule has 34 heavy (non-hydrogen) atoms. The molecule has 1 spiro atoms. The average Bonchev–Trinajstić information content (AvgIpc) is 3.12. The van der Waals surface area contributed by atoms with E-state index < -0.39 is 0 Å². The molecular formula is C34H26. The van der Waals surface area contributed by atoms with Gasteiger partial charge >= 0.3 is 0 Å². The lowest BCUT2D eigenvalue weighted by molar-refractivity contribution is 0.772. The Morgan fingerprint density at radius 1 is 0.412 bits per heavy atom. The molecule has 0 heteroatoms. The Morgan fingerprint density at radius 3 is 1.35 bits per heavy atom. The molecule has 0 saturated heterocycles. The summed E-state index contributed by atoms with van der Waals surface area (Å²) in [5.74, 6) is 0. The predicted molar refractivity (Wildman–Crippen MR) is 142 cm³/mol. The number of benzene rings is 5. The lowest BCUT2D eigenvalue weighted by Crippen LogP contribution is -2.29. The Kier molecular flexibility index (Phi) is 3.92. The molecule has 0 atom stereocenters. The summed E-state index contributed by atoms with van der Waals surface area (Å²) in [7, 11) is 0. The standard InChI is InChI=1S/C34H26/c1-21-20-32-33(23(3)22(21)2)28-16-5-4-12-24(28)25-13-6-9-17-29(25)34(32)30-18-10-7-14-26(30)27-15-8-11-19-31(27)34/h4-20H,1-3H3. The quantitative estimate of drug-likeness (QED) is 0.224. The van der Waals surface area contributed by atoms with Gasteiger partial charge in [0.15, 0.2) is 0 Å². The van der Waals surface area contributed by atoms with Crippen LogP contribution >= 0.6 is 0 Å². The van der Waals surface area contributed by atoms with Crippen LogP contribution in [0.4, 0.5) is 0 Å². The number of aryl methyl sites for hydroxylation is 1. The van der Waals surface area contributed by atoms with Crippen LogP contribution in [0, 0.1) is 20.8 Å². The van der Waals surface area contributed by atoms with Crippen molar-refractivity contribution in [3.05, 3.63) is 142 Å². The first-order valence-corrected chi connectivity index (χ1v) is 12.1. The van der Waals surface area contributed by atoms with Crippen LogP contribution in [0.3, 0.4) is 0 Å². The maximum absolute atomic E-state index is 2.48. The second-order valence-electron chi connectivity index (χ2n) is 9.80. The van der Waals surface area contributed by atoms with Crippen LogP contribution in [0.15, 0.2) is 103 Å². The van der Waals surface area contributed by atoms with E-state index in [4.69, 9.17) is 0 Å². The van der Waals surface area contributed by atoms with E-state index in [9.17, 15) is 0 Å². The molecule has 2 aliphatic carbocycles. The maximum atomic E-state index is 2.48. The van der Waals surface area contributed by atoms with Crippen LogP contribution in [-0.4, -0.2) is 0 Å². The third-order valence-corrected chi connectivity index (χ3v) is 8.33. The first kappa shape index (κ1) is 19.6. The first-order chi connectivity index (χ1) is 16.6. The van der Waals surface area contributed by atoms with Gasteiger partial charge in [0.2, 0.25) is 0 Å². The van der Waals surface area contributed by atoms with Gasteiger partial charge < -0.3 is 0 Å². The Morgan fingerprint density at radius 2 is 0.824 bits per heavy atom. The van der Waals surface area contributed by atoms with Gasteiger partial charge in [-0.1, -0.05) is 103 Å². The third kappa shape index (κ3) is 2.23. The van der Waals surface area contributed by atoms with Crippen molar-refractivity contribution in [1.29, 1.82) is 0 Å². The summed E-state index contributed by atoms with van der Waals surface area (Å²) < 4.78 is 0. The molecule has 0 heterocycles. The minimum absolute atomic E-state index is 0.360. The summed E-state index contributed by atoms with van der Waals surface area (Å²) in [5.41, 5.74) is 17.4. The molecule has 0 fully saturated rings. The van der Waals surface area contributed by atoms with Crippen LogP contribution in [0.5, 0.6) is 0 Å². The summed E-state index contributed by atoms with van der Waals surface area (Å²) in [6.45, 7) is 6.86. The van der Waals surface area contributed by atoms with Crippen molar-refractivity contribution in [1.82, 2.24) is 0 Å². The highest BCUT2D eigenvalue weighted by molar-refractivity contribution is 5.98. The molecule has 0 amide bonds. The third-order valence-electron chi connectivity index (χ3n) is 8.33. The van der Waals surface area contributed by atoms with Crippen molar-refractivity contribution < 1.29 is 0 Å². The van der Waals surface area contributed by atoms with Crippen LogP contribution in [0.2, 0.25) is 0 Å². The van der Waals surface area contributed by atoms with E-state index in [1.165, 1.54) is 72.3 Å². The number of fused-ring (bicyclic) bond motifs is 12. The van der Waals surface area contributed by atoms with Gasteiger partial charge in [0.05, 0.1) is 5.41 Å². The fraction of sp³-hybridized carbons (Fsp3) is 0.118. The largest absolute Gasteiger partial charge is 0.0725 e. The highest BCUT2D eigenvalue weighted by atomic mass is 14.5. The van der Waals surface area contributed by atoms with Gasteiger partial charge in [-0.15, -0.1) is 0 Å². The van der Waals surface area contributed by atoms with Gasteiger partial charge in [-0.05, 0) is 93.1 Å². The van der Waals surface area contributed by atoms with E-state index in [0.29, 0.717) is 0 Å². The topological polar surface area (TPSA) is 0 Å². The fourth-order valence-corrected chi connectivity index (χ4v) is 6.67. The summed E-state index contributed by atoms with van der Waals surface area (Å²) in [6.07, 6.45) is 0. The van der Waals surface area contributed by atoms with Gasteiger partial charge in [-0.25, -0.2) is 0 Å². The molecule has 0 saturated carbocycles. The maximum Gasteiger partial charge on any atom is 0.0725 e. The van der Waals surface area contributed by atoms with Crippen molar-refractivity contribution in [3.63, 3.8) is 0 Å². The normalized spacial score (nSPS) is 14.0. The molecular weight excluding hydrogens is 408 g/mol. The lowest BCUT2D eigenvalue weighted by Gasteiger charge is -2.36. The van der Waals surface area contributed by atoms with Gasteiger partial charge in [0.25, 0.3) is 0 Å². The summed E-state index contributed by atoms with van der Waals surface area (Å²) >= 11 is 0. The van der Waals surface area contributed by atoms with Crippen molar-refractivity contribution in [3.8, 4) is 33.4 Å². The Hall–Kier alpha value is -3.90. The van der Waals surface area contributed by atoms with E-state index >= 15 is 0 Å². The molecule has 0 unspecified atom stereocenters. The molecule has 5 aromatic carbocycles. The highest BCUT2D eigenvalue weighted by Gasteiger charge is 2.49. The van der Waals surface area contributed by atoms with Crippen molar-refractivity contribution in [2.75, 3.05) is 0 Å². The Labute approximate surface area is 201 Å². The van der Waals surface area contributed by atoms with E-state index in [-0.39, 0.29) is 5.41 Å². The minimum atomic E-state index is -0.360. The van der Waals surface area contributed by atoms with Gasteiger partial charge in [-0.3, -0.25) is 0 Å². The number of hydrogen-bond donors (Lipinski definition) is 0. The van der Waals surface area contributed by atoms with Crippen molar-refractivity contribution in [2.45, 2.75) is 26.2 Å². The smallest absolute Gasteiger partial charge is 0.0619 e. The van der Waals surface area contributed by atoms with E-state index in [1.807, 2.05) is 0 Å². The minimum Gasteiger partial charge on any atom is -0.0619 e. The second-order valence-corrected chi connectivity index (χ2v) is 9.80. The average molecular weight is 435 g/mol. The highest BCUT2D eigenvalue weighted by Crippen LogP contribution is 2.61. The molecule has 0 radical (unpaired) electrons. The van der Waals surface area contributed by atoms with Crippen LogP contribution < -0.4 is 0 Å². The lowest BCUT2D eigenvalue weighted by atomic mass is 9.65. The second kappa shape index (κ2) is 6.81. The van der Waals surface area contributed by atoms with Crippen LogP contribution in [-0.2, 0) is 5.41 Å². The summed E-state index contributed by atoms with van der Waals surface area (Å²) in [4.78, 5) is 0. The van der Waals surface area contributed by atoms with Gasteiger partial charge in [-0.2, -0.15) is 0 Å². The van der Waals surface area contributed by atoms with Crippen molar-refractivity contribution in [2.24, 2.45) is 0 Å². The summed E-state index contributed by atoms with van der Waals surface area (Å²) in [5, 5.41) is 0. The molecule has 5 aromatic rings. The van der Waals surface area contributed by atoms with E-state index in [2.05, 4.69) is 124 Å². The fourth-order valence-electron chi connectivity index (χ4n) is 6.67.